The lowest BCUT2D eigenvalue weighted by molar-refractivity contribution is -0.120. The first kappa shape index (κ1) is 21.2. The van der Waals surface area contributed by atoms with Crippen molar-refractivity contribution in [3.8, 4) is 17.1 Å². The molecule has 7 nitrogen and oxygen atoms in total. The molecule has 156 valence electrons. The number of allylic oxidation sites excluding steroid dienone is 1. The van der Waals surface area contributed by atoms with Gasteiger partial charge in [0.05, 0.1) is 11.9 Å². The molecule has 0 bridgehead atoms. The molecule has 1 aromatic carbocycles. The minimum atomic E-state index is -0.310. The van der Waals surface area contributed by atoms with Gasteiger partial charge in [0.2, 0.25) is 11.1 Å². The summed E-state index contributed by atoms with van der Waals surface area (Å²) >= 11 is 1.30. The maximum absolute atomic E-state index is 12.4. The molecule has 3 rings (SSSR count). The molecule has 0 saturated heterocycles. The highest BCUT2D eigenvalue weighted by Gasteiger charge is 2.20. The maximum atomic E-state index is 12.4. The van der Waals surface area contributed by atoms with Crippen LogP contribution in [-0.4, -0.2) is 39.2 Å². The van der Waals surface area contributed by atoms with Gasteiger partial charge in [-0.3, -0.25) is 4.79 Å². The Morgan fingerprint density at radius 3 is 2.79 bits per heavy atom. The molecule has 0 fully saturated rings. The summed E-state index contributed by atoms with van der Waals surface area (Å²) in [7, 11) is 0. The summed E-state index contributed by atoms with van der Waals surface area (Å²) in [5, 5.41) is 11.6. The minimum absolute atomic E-state index is 0.0166. The van der Waals surface area contributed by atoms with E-state index in [1.165, 1.54) is 41.3 Å². The maximum Gasteiger partial charge on any atom is 0.233 e. The first-order chi connectivity index (χ1) is 14.1. The molecule has 0 unspecified atom stereocenters. The van der Waals surface area contributed by atoms with Crippen LogP contribution >= 0.6 is 11.8 Å². The van der Waals surface area contributed by atoms with Crippen molar-refractivity contribution in [1.82, 2.24) is 20.2 Å². The Balaban J connectivity index is 1.54. The van der Waals surface area contributed by atoms with Crippen molar-refractivity contribution in [2.24, 2.45) is 0 Å². The number of nitrogen functional groups attached to an aromatic ring is 1. The van der Waals surface area contributed by atoms with Crippen LogP contribution in [0.25, 0.3) is 11.4 Å². The number of carbonyl (C=O) groups is 1. The Morgan fingerprint density at radius 1 is 1.31 bits per heavy atom. The van der Waals surface area contributed by atoms with Crippen LogP contribution in [0.4, 0.5) is 0 Å². The van der Waals surface area contributed by atoms with Gasteiger partial charge < -0.3 is 15.9 Å². The molecule has 0 aliphatic heterocycles. The van der Waals surface area contributed by atoms with E-state index < -0.39 is 0 Å². The Bertz CT molecular complexity index is 847. The molecule has 0 spiro atoms. The second-order valence-electron chi connectivity index (χ2n) is 7.04. The number of benzene rings is 1. The summed E-state index contributed by atoms with van der Waals surface area (Å²) in [6.45, 7) is 5.08. The van der Waals surface area contributed by atoms with Gasteiger partial charge in [-0.2, -0.15) is 0 Å². The number of nitrogens with two attached hydrogens (primary N) is 1. The third-order valence-electron chi connectivity index (χ3n) is 4.87. The Labute approximate surface area is 176 Å². The number of ether oxygens (including phenoxy) is 1. The number of hydrogen-bond acceptors (Lipinski definition) is 6. The average Bonchev–Trinajstić information content (AvgIpc) is 3.09. The molecule has 1 aromatic heterocycles. The predicted molar refractivity (Wildman–Crippen MR) is 116 cm³/mol. The van der Waals surface area contributed by atoms with Crippen molar-refractivity contribution in [2.75, 3.05) is 19.0 Å². The minimum Gasteiger partial charge on any atom is -0.494 e. The Morgan fingerprint density at radius 2 is 2.10 bits per heavy atom. The first-order valence-electron chi connectivity index (χ1n) is 10.1. The second-order valence-corrected chi connectivity index (χ2v) is 8.35. The van der Waals surface area contributed by atoms with Gasteiger partial charge in [0, 0.05) is 12.1 Å². The molecule has 1 atom stereocenters. The fraction of sp³-hybridized carbons (Fsp3) is 0.476. The van der Waals surface area contributed by atoms with Crippen molar-refractivity contribution in [3.05, 3.63) is 35.9 Å². The van der Waals surface area contributed by atoms with E-state index in [2.05, 4.69) is 21.6 Å². The van der Waals surface area contributed by atoms with Crippen molar-refractivity contribution >= 4 is 17.7 Å². The normalized spacial score (nSPS) is 14.9. The average molecular weight is 416 g/mol. The number of thioether (sulfide) groups is 1. The Kier molecular flexibility index (Phi) is 7.57. The molecular weight excluding hydrogens is 386 g/mol. The van der Waals surface area contributed by atoms with E-state index >= 15 is 0 Å². The lowest BCUT2D eigenvalue weighted by Gasteiger charge is -2.14. The van der Waals surface area contributed by atoms with Gasteiger partial charge in [0.15, 0.2) is 5.82 Å². The van der Waals surface area contributed by atoms with Crippen molar-refractivity contribution in [3.63, 3.8) is 0 Å². The van der Waals surface area contributed by atoms with E-state index in [-0.39, 0.29) is 11.2 Å². The largest absolute Gasteiger partial charge is 0.494 e. The summed E-state index contributed by atoms with van der Waals surface area (Å²) in [4.78, 5) is 12.4. The zero-order valence-electron chi connectivity index (χ0n) is 17.1. The molecule has 0 radical (unpaired) electrons. The lowest BCUT2D eigenvalue weighted by atomic mass is 9.97. The molecule has 1 aliphatic carbocycles. The van der Waals surface area contributed by atoms with Gasteiger partial charge >= 0.3 is 0 Å². The summed E-state index contributed by atoms with van der Waals surface area (Å²) in [6.07, 6.45) is 8.10. The predicted octanol–water partition coefficient (Wildman–Crippen LogP) is 3.54. The van der Waals surface area contributed by atoms with Crippen molar-refractivity contribution in [1.29, 1.82) is 0 Å². The van der Waals surface area contributed by atoms with Crippen LogP contribution in [0.2, 0.25) is 0 Å². The van der Waals surface area contributed by atoms with E-state index in [1.807, 2.05) is 38.1 Å². The van der Waals surface area contributed by atoms with Crippen LogP contribution in [0.5, 0.6) is 5.75 Å². The van der Waals surface area contributed by atoms with E-state index in [4.69, 9.17) is 10.6 Å². The monoisotopic (exact) mass is 415 g/mol. The summed E-state index contributed by atoms with van der Waals surface area (Å²) < 4.78 is 6.88. The van der Waals surface area contributed by atoms with Gasteiger partial charge in [0.1, 0.15) is 5.75 Å². The molecule has 1 aliphatic rings. The molecule has 1 heterocycles. The van der Waals surface area contributed by atoms with Gasteiger partial charge in [-0.05, 0) is 70.2 Å². The highest BCUT2D eigenvalue weighted by Crippen LogP contribution is 2.26. The van der Waals surface area contributed by atoms with Gasteiger partial charge in [0.25, 0.3) is 0 Å². The number of hydrogen-bond donors (Lipinski definition) is 2. The van der Waals surface area contributed by atoms with Crippen LogP contribution in [0.3, 0.4) is 0 Å². The molecule has 8 heteroatoms. The van der Waals surface area contributed by atoms with Gasteiger partial charge in [-0.1, -0.05) is 23.4 Å². The zero-order chi connectivity index (χ0) is 20.6. The van der Waals surface area contributed by atoms with E-state index in [9.17, 15) is 4.79 Å². The highest BCUT2D eigenvalue weighted by atomic mass is 32.2. The van der Waals surface area contributed by atoms with Gasteiger partial charge in [-0.25, -0.2) is 4.68 Å². The fourth-order valence-corrected chi connectivity index (χ4v) is 4.05. The molecule has 3 N–H and O–H groups in total. The van der Waals surface area contributed by atoms with Crippen molar-refractivity contribution < 1.29 is 9.53 Å². The number of amides is 1. The van der Waals surface area contributed by atoms with Gasteiger partial charge in [-0.15, -0.1) is 10.2 Å². The van der Waals surface area contributed by atoms with Crippen LogP contribution in [0.15, 0.2) is 41.1 Å². The Hall–Kier alpha value is -2.48. The number of nitrogens with one attached hydrogen (secondary N) is 1. The SMILES string of the molecule is CCOc1ccc(-c2nnc(S[C@H](C)C(=O)NCCC3=CCCCC3)n2N)cc1. The molecule has 2 aromatic rings. The van der Waals surface area contributed by atoms with Crippen LogP contribution in [-0.2, 0) is 4.79 Å². The standard InChI is InChI=1S/C21H29N5O2S/c1-3-28-18-11-9-17(10-12-18)19-24-25-21(26(19)22)29-15(2)20(27)23-14-13-16-7-5-4-6-8-16/h7,9-12,15H,3-6,8,13-14,22H2,1-2H3,(H,23,27)/t15-/m1/s1. The van der Waals surface area contributed by atoms with E-state index in [0.717, 1.165) is 24.2 Å². The quantitative estimate of drug-likeness (QED) is 0.369. The smallest absolute Gasteiger partial charge is 0.233 e. The topological polar surface area (TPSA) is 95.1 Å². The third-order valence-corrected chi connectivity index (χ3v) is 5.93. The molecule has 29 heavy (non-hydrogen) atoms. The van der Waals surface area contributed by atoms with Crippen LogP contribution < -0.4 is 15.9 Å². The third kappa shape index (κ3) is 5.76. The summed E-state index contributed by atoms with van der Waals surface area (Å²) in [5.74, 6) is 7.51. The summed E-state index contributed by atoms with van der Waals surface area (Å²) in [5.41, 5.74) is 2.30. The lowest BCUT2D eigenvalue weighted by Crippen LogP contribution is -2.32. The van der Waals surface area contributed by atoms with Crippen molar-refractivity contribution in [2.45, 2.75) is 56.4 Å². The number of carbonyl (C=O) groups excluding carboxylic acids is 1. The van der Waals surface area contributed by atoms with Crippen LogP contribution in [0, 0.1) is 0 Å². The number of nitrogens with zero attached hydrogens (tertiary/aromatic N) is 3. The fourth-order valence-electron chi connectivity index (χ4n) is 3.25. The molecule has 0 saturated carbocycles. The number of aromatic nitrogens is 3. The van der Waals surface area contributed by atoms with Crippen LogP contribution in [0.1, 0.15) is 46.0 Å². The van der Waals surface area contributed by atoms with E-state index in [0.29, 0.717) is 24.1 Å². The molecular formula is C21H29N5O2S. The molecule has 1 amide bonds. The number of rotatable bonds is 9. The summed E-state index contributed by atoms with van der Waals surface area (Å²) in [6, 6.07) is 7.53. The first-order valence-corrected chi connectivity index (χ1v) is 11.0. The zero-order valence-corrected chi connectivity index (χ0v) is 17.9. The van der Waals surface area contributed by atoms with E-state index in [1.54, 1.807) is 0 Å². The second kappa shape index (κ2) is 10.3. The highest BCUT2D eigenvalue weighted by molar-refractivity contribution is 8.00.